The molecule has 6 rings (SSSR count). The predicted octanol–water partition coefficient (Wildman–Crippen LogP) is 17.3. The monoisotopic (exact) mass is 1080 g/mol. The predicted molar refractivity (Wildman–Crippen MR) is 316 cm³/mol. The molecule has 2 radical (unpaired) electrons. The standard InChI is InChI=1S/2C28H41Si2.C2H6Si.2ClH.Zr/c2*1-11-12-20-15-21-13-14-26(28(2,3)4)27(25(21)16-20)22-17-23(29(5,6)7)19-24(18-22)30(8,9)10;1-3-2;;;/h2*13-19H,11-12H2,1-10H3;1-2H3;2*1H;/q2*-1;;;;+4/p-2. The molecule has 0 spiro atoms. The summed E-state index contributed by atoms with van der Waals surface area (Å²) < 4.78 is 0. The zero-order chi connectivity index (χ0) is 50.4. The van der Waals surface area contributed by atoms with Gasteiger partial charge in [0, 0.05) is 9.52 Å². The third-order valence-corrected chi connectivity index (χ3v) is 20.6. The first-order valence-electron chi connectivity index (χ1n) is 24.6. The van der Waals surface area contributed by atoms with Crippen molar-refractivity contribution < 1.29 is 20.8 Å². The summed E-state index contributed by atoms with van der Waals surface area (Å²) in [5, 5.41) is 12.1. The number of fused-ring (bicyclic) bond motifs is 2. The van der Waals surface area contributed by atoms with Crippen molar-refractivity contribution in [3.05, 3.63) is 107 Å². The number of benzene rings is 4. The average molecular weight is 1090 g/mol. The molecule has 0 saturated carbocycles. The molecule has 0 heterocycles. The fourth-order valence-electron chi connectivity index (χ4n) is 8.70. The molecule has 0 aliphatic carbocycles. The van der Waals surface area contributed by atoms with Gasteiger partial charge in [-0.15, -0.1) is 69.1 Å². The summed E-state index contributed by atoms with van der Waals surface area (Å²) in [5.74, 6) is 0. The fraction of sp³-hybridized carbons (Fsp3) is 0.483. The van der Waals surface area contributed by atoms with Crippen molar-refractivity contribution in [1.82, 2.24) is 0 Å². The number of aryl methyl sites for hydroxylation is 2. The van der Waals surface area contributed by atoms with Crippen LogP contribution >= 0.6 is 17.0 Å². The molecular formula is C58H88Cl2Si5Zr. The molecule has 0 nitrogen and oxygen atoms in total. The molecule has 66 heavy (non-hydrogen) atoms. The first kappa shape index (κ1) is 59.0. The molecule has 0 saturated heterocycles. The van der Waals surface area contributed by atoms with Crippen LogP contribution in [0.25, 0.3) is 43.8 Å². The molecule has 0 aliphatic heterocycles. The summed E-state index contributed by atoms with van der Waals surface area (Å²) in [4.78, 5) is 0. The number of hydrogen-bond acceptors (Lipinski definition) is 0. The van der Waals surface area contributed by atoms with Crippen molar-refractivity contribution in [3.8, 4) is 22.3 Å². The molecule has 0 aromatic heterocycles. The van der Waals surface area contributed by atoms with E-state index in [0.29, 0.717) is 0 Å². The van der Waals surface area contributed by atoms with Gasteiger partial charge in [0.2, 0.25) is 0 Å². The second kappa shape index (κ2) is 23.7. The van der Waals surface area contributed by atoms with Gasteiger partial charge < -0.3 is 0 Å². The van der Waals surface area contributed by atoms with E-state index < -0.39 is 53.1 Å². The normalized spacial score (nSPS) is 12.5. The number of rotatable bonds is 10. The second-order valence-electron chi connectivity index (χ2n) is 24.9. The molecule has 0 aliphatic rings. The Kier molecular flexibility index (Phi) is 21.2. The van der Waals surface area contributed by atoms with Crippen molar-refractivity contribution in [3.63, 3.8) is 0 Å². The topological polar surface area (TPSA) is 0 Å². The molecular weight excluding hydrogens is 999 g/mol. The molecule has 358 valence electrons. The van der Waals surface area contributed by atoms with Gasteiger partial charge in [-0.1, -0.05) is 239 Å². The molecule has 0 atom stereocenters. The minimum atomic E-state index is -1.42. The summed E-state index contributed by atoms with van der Waals surface area (Å²) in [6, 6.07) is 34.5. The van der Waals surface area contributed by atoms with Crippen LogP contribution in [0.15, 0.2) is 84.9 Å². The Morgan fingerprint density at radius 3 is 0.939 bits per heavy atom. The molecule has 0 bridgehead atoms. The van der Waals surface area contributed by atoms with Crippen molar-refractivity contribution in [2.45, 2.75) is 184 Å². The Labute approximate surface area is 431 Å². The van der Waals surface area contributed by atoms with Crippen molar-refractivity contribution >= 4 is 101 Å². The molecule has 8 heteroatoms. The average Bonchev–Trinajstić information content (AvgIpc) is 3.79. The van der Waals surface area contributed by atoms with Crippen LogP contribution in [-0.2, 0) is 44.5 Å². The van der Waals surface area contributed by atoms with E-state index >= 15 is 0 Å². The summed E-state index contributed by atoms with van der Waals surface area (Å²) in [7, 11) is 5.26. The Morgan fingerprint density at radius 1 is 0.470 bits per heavy atom. The Balaban J connectivity index is 0.000000313. The van der Waals surface area contributed by atoms with Gasteiger partial charge >= 0.3 is 37.9 Å². The van der Waals surface area contributed by atoms with E-state index in [-0.39, 0.29) is 10.8 Å². The first-order chi connectivity index (χ1) is 30.3. The van der Waals surface area contributed by atoms with Crippen LogP contribution < -0.4 is 20.7 Å². The summed E-state index contributed by atoms with van der Waals surface area (Å²) in [6.45, 7) is 52.7. The molecule has 6 aromatic carbocycles. The van der Waals surface area contributed by atoms with Gasteiger partial charge in [-0.25, -0.2) is 0 Å². The number of halogens is 2. The van der Waals surface area contributed by atoms with E-state index in [1.807, 2.05) is 0 Å². The van der Waals surface area contributed by atoms with Crippen molar-refractivity contribution in [2.75, 3.05) is 0 Å². The first-order valence-corrected chi connectivity index (χ1v) is 46.9. The van der Waals surface area contributed by atoms with Crippen LogP contribution in [0.2, 0.25) is 91.7 Å². The van der Waals surface area contributed by atoms with E-state index in [2.05, 4.69) is 232 Å². The van der Waals surface area contributed by atoms with Crippen LogP contribution in [0.5, 0.6) is 0 Å². The Hall–Kier alpha value is -1.35. The van der Waals surface area contributed by atoms with Gasteiger partial charge in [0.05, 0.1) is 32.3 Å². The quantitative estimate of drug-likeness (QED) is 0.0947. The molecule has 0 amide bonds. The minimum absolute atomic E-state index is 0.111. The summed E-state index contributed by atoms with van der Waals surface area (Å²) in [6.07, 6.45) is 4.72. The van der Waals surface area contributed by atoms with E-state index in [0.717, 1.165) is 22.4 Å². The molecule has 6 aromatic rings. The molecule has 0 fully saturated rings. The SMILES string of the molecule is CCCc1cc2c(-c3cc([Si](C)(C)C)cc([Si](C)(C)C)c3)c(C(C)(C)C)ccc2[cH-]1.CCCc1cc2c(-c3cc([Si](C)(C)C)cc([Si](C)(C)C)c3)c(C(C)(C)C)ccc2[cH-]1.C[Si]C.[Cl][Zr+2][Cl]. The number of hydrogen-bond donors (Lipinski definition) is 0. The van der Waals surface area contributed by atoms with E-state index in [4.69, 9.17) is 17.0 Å². The van der Waals surface area contributed by atoms with Crippen LogP contribution in [0.1, 0.15) is 90.5 Å². The van der Waals surface area contributed by atoms with Crippen LogP contribution in [-0.4, -0.2) is 41.8 Å². The summed E-state index contributed by atoms with van der Waals surface area (Å²) >= 11 is -0.826. The maximum atomic E-state index is 4.93. The van der Waals surface area contributed by atoms with Gasteiger partial charge in [0.25, 0.3) is 0 Å². The zero-order valence-corrected chi connectivity index (χ0v) is 54.6. The summed E-state index contributed by atoms with van der Waals surface area (Å²) in [5.41, 5.74) is 12.0. The Bertz CT molecular complexity index is 2260. The van der Waals surface area contributed by atoms with Crippen LogP contribution in [0.4, 0.5) is 0 Å². The molecule has 0 unspecified atom stereocenters. The van der Waals surface area contributed by atoms with Crippen molar-refractivity contribution in [2.24, 2.45) is 0 Å². The zero-order valence-electron chi connectivity index (χ0n) is 45.7. The van der Waals surface area contributed by atoms with Gasteiger partial charge in [-0.3, -0.25) is 0 Å². The fourth-order valence-corrected chi connectivity index (χ4v) is 13.7. The van der Waals surface area contributed by atoms with Crippen LogP contribution in [0, 0.1) is 0 Å². The maximum absolute atomic E-state index is 4.93. The van der Waals surface area contributed by atoms with E-state index in [1.165, 1.54) is 78.9 Å². The van der Waals surface area contributed by atoms with E-state index in [9.17, 15) is 0 Å². The third-order valence-electron chi connectivity index (χ3n) is 12.5. The van der Waals surface area contributed by atoms with Gasteiger partial charge in [-0.2, -0.15) is 12.1 Å². The van der Waals surface area contributed by atoms with Gasteiger partial charge in [0.15, 0.2) is 0 Å². The van der Waals surface area contributed by atoms with E-state index in [1.54, 1.807) is 20.7 Å². The van der Waals surface area contributed by atoms with Crippen LogP contribution in [0.3, 0.4) is 0 Å². The third kappa shape index (κ3) is 15.8. The van der Waals surface area contributed by atoms with Crippen molar-refractivity contribution in [1.29, 1.82) is 0 Å². The van der Waals surface area contributed by atoms with Gasteiger partial charge in [-0.05, 0) is 34.8 Å². The molecule has 0 N–H and O–H groups in total. The van der Waals surface area contributed by atoms with Gasteiger partial charge in [0.1, 0.15) is 0 Å². The second-order valence-corrected chi connectivity index (χ2v) is 49.9. The Morgan fingerprint density at radius 2 is 0.727 bits per heavy atom.